The molecule has 0 fully saturated rings. The number of aryl methyl sites for hydroxylation is 2. The summed E-state index contributed by atoms with van der Waals surface area (Å²) in [6.45, 7) is 5.41. The number of aromatic nitrogens is 1. The van der Waals surface area contributed by atoms with Gasteiger partial charge in [-0.3, -0.25) is 4.79 Å². The number of benzene rings is 2. The summed E-state index contributed by atoms with van der Waals surface area (Å²) >= 11 is 0. The van der Waals surface area contributed by atoms with E-state index in [2.05, 4.69) is 10.5 Å². The van der Waals surface area contributed by atoms with Gasteiger partial charge in [0.2, 0.25) is 5.91 Å². The molecule has 0 aliphatic rings. The molecule has 0 spiro atoms. The van der Waals surface area contributed by atoms with Gasteiger partial charge in [0.1, 0.15) is 11.5 Å². The Kier molecular flexibility index (Phi) is 6.88. The van der Waals surface area contributed by atoms with Crippen LogP contribution in [0, 0.1) is 20.8 Å². The number of hydrogen-bond donors (Lipinski definition) is 1. The number of anilines is 1. The maximum atomic E-state index is 13.0. The molecule has 32 heavy (non-hydrogen) atoms. The number of methoxy groups -OCH3 is 2. The molecule has 1 heterocycles. The fourth-order valence-corrected chi connectivity index (χ4v) is 4.76. The lowest BCUT2D eigenvalue weighted by Gasteiger charge is -2.12. The van der Waals surface area contributed by atoms with Crippen LogP contribution in [0.2, 0.25) is 0 Å². The number of nitrogens with zero attached hydrogens (tertiary/aromatic N) is 1. The second kappa shape index (κ2) is 9.44. The summed E-state index contributed by atoms with van der Waals surface area (Å²) in [6, 6.07) is 10.1. The zero-order valence-corrected chi connectivity index (χ0v) is 19.5. The summed E-state index contributed by atoms with van der Waals surface area (Å²) in [4.78, 5) is 12.6. The van der Waals surface area contributed by atoms with Crippen LogP contribution in [0.25, 0.3) is 11.3 Å². The van der Waals surface area contributed by atoms with Gasteiger partial charge in [-0.25, -0.2) is 8.42 Å². The summed E-state index contributed by atoms with van der Waals surface area (Å²) in [5.74, 6) is 0.726. The van der Waals surface area contributed by atoms with Gasteiger partial charge in [0.05, 0.1) is 36.2 Å². The molecule has 0 aliphatic heterocycles. The molecule has 170 valence electrons. The second-order valence-electron chi connectivity index (χ2n) is 7.39. The van der Waals surface area contributed by atoms with E-state index in [1.54, 1.807) is 43.3 Å². The van der Waals surface area contributed by atoms with Gasteiger partial charge in [-0.15, -0.1) is 0 Å². The van der Waals surface area contributed by atoms with Crippen molar-refractivity contribution in [3.63, 3.8) is 0 Å². The van der Waals surface area contributed by atoms with Crippen molar-refractivity contribution < 1.29 is 27.2 Å². The SMILES string of the molecule is COc1ccc(OC)c(NC(=O)CCS(=O)(=O)c2cc(-c3onc(C)c3C)ccc2C)c1. The third-order valence-corrected chi connectivity index (χ3v) is 7.07. The molecule has 1 N–H and O–H groups in total. The highest BCUT2D eigenvalue weighted by molar-refractivity contribution is 7.91. The first-order valence-electron chi connectivity index (χ1n) is 9.94. The van der Waals surface area contributed by atoms with Crippen LogP contribution < -0.4 is 14.8 Å². The van der Waals surface area contributed by atoms with E-state index in [1.165, 1.54) is 14.2 Å². The standard InChI is InChI=1S/C23H26N2O6S/c1-14-6-7-17(23-15(2)16(3)25-31-23)12-21(14)32(27,28)11-10-22(26)24-19-13-18(29-4)8-9-20(19)30-5/h6-9,12-13H,10-11H2,1-5H3,(H,24,26). The molecule has 0 saturated carbocycles. The van der Waals surface area contributed by atoms with Gasteiger partial charge in [-0.2, -0.15) is 0 Å². The van der Waals surface area contributed by atoms with Gasteiger partial charge >= 0.3 is 0 Å². The summed E-state index contributed by atoms with van der Waals surface area (Å²) < 4.78 is 41.8. The normalized spacial score (nSPS) is 11.3. The van der Waals surface area contributed by atoms with Crippen LogP contribution in [-0.4, -0.2) is 39.5 Å². The number of amides is 1. The quantitative estimate of drug-likeness (QED) is 0.542. The Balaban J connectivity index is 1.78. The van der Waals surface area contributed by atoms with Crippen LogP contribution in [0.4, 0.5) is 5.69 Å². The molecule has 0 bridgehead atoms. The highest BCUT2D eigenvalue weighted by Crippen LogP contribution is 2.31. The predicted octanol–water partition coefficient (Wildman–Crippen LogP) is 4.09. The molecule has 0 atom stereocenters. The Morgan fingerprint density at radius 1 is 1.06 bits per heavy atom. The van der Waals surface area contributed by atoms with E-state index in [4.69, 9.17) is 14.0 Å². The number of carbonyl (C=O) groups excluding carboxylic acids is 1. The average Bonchev–Trinajstić information content (AvgIpc) is 3.11. The lowest BCUT2D eigenvalue weighted by molar-refractivity contribution is -0.115. The zero-order valence-electron chi connectivity index (χ0n) is 18.7. The van der Waals surface area contributed by atoms with E-state index in [0.29, 0.717) is 34.1 Å². The number of carbonyl (C=O) groups is 1. The van der Waals surface area contributed by atoms with Crippen molar-refractivity contribution in [3.8, 4) is 22.8 Å². The first kappa shape index (κ1) is 23.3. The van der Waals surface area contributed by atoms with E-state index in [0.717, 1.165) is 11.3 Å². The van der Waals surface area contributed by atoms with Crippen molar-refractivity contribution in [2.24, 2.45) is 0 Å². The van der Waals surface area contributed by atoms with Gasteiger partial charge in [-0.1, -0.05) is 17.3 Å². The molecule has 1 aromatic heterocycles. The van der Waals surface area contributed by atoms with Gasteiger partial charge in [0, 0.05) is 23.6 Å². The topological polar surface area (TPSA) is 108 Å². The fourth-order valence-electron chi connectivity index (χ4n) is 3.22. The minimum absolute atomic E-state index is 0.162. The van der Waals surface area contributed by atoms with Gasteiger partial charge in [-0.05, 0) is 44.5 Å². The Hall–Kier alpha value is -3.33. The Labute approximate surface area is 187 Å². The second-order valence-corrected chi connectivity index (χ2v) is 9.46. The lowest BCUT2D eigenvalue weighted by Crippen LogP contribution is -2.18. The molecule has 0 aliphatic carbocycles. The van der Waals surface area contributed by atoms with Crippen molar-refractivity contribution in [2.75, 3.05) is 25.3 Å². The van der Waals surface area contributed by atoms with Crippen LogP contribution in [0.1, 0.15) is 23.2 Å². The molecule has 1 amide bonds. The number of ether oxygens (including phenoxy) is 2. The fraction of sp³-hybridized carbons (Fsp3) is 0.304. The summed E-state index contributed by atoms with van der Waals surface area (Å²) in [5.41, 5.74) is 3.22. The van der Waals surface area contributed by atoms with Crippen LogP contribution in [0.15, 0.2) is 45.8 Å². The Bertz CT molecular complexity index is 1250. The highest BCUT2D eigenvalue weighted by Gasteiger charge is 2.22. The predicted molar refractivity (Wildman–Crippen MR) is 121 cm³/mol. The number of rotatable bonds is 8. The first-order valence-corrected chi connectivity index (χ1v) is 11.6. The van der Waals surface area contributed by atoms with Crippen LogP contribution in [0.5, 0.6) is 11.5 Å². The third-order valence-electron chi connectivity index (χ3n) is 5.22. The van der Waals surface area contributed by atoms with Crippen molar-refractivity contribution in [1.29, 1.82) is 0 Å². The zero-order chi connectivity index (χ0) is 23.5. The molecule has 3 rings (SSSR count). The first-order chi connectivity index (χ1) is 15.2. The Morgan fingerprint density at radius 2 is 1.81 bits per heavy atom. The summed E-state index contributed by atoms with van der Waals surface area (Å²) in [7, 11) is -0.729. The summed E-state index contributed by atoms with van der Waals surface area (Å²) in [6.07, 6.45) is -0.215. The minimum Gasteiger partial charge on any atom is -0.497 e. The van der Waals surface area contributed by atoms with Gasteiger partial charge in [0.15, 0.2) is 15.6 Å². The van der Waals surface area contributed by atoms with Crippen molar-refractivity contribution in [2.45, 2.75) is 32.1 Å². The van der Waals surface area contributed by atoms with Crippen LogP contribution in [-0.2, 0) is 14.6 Å². The molecular formula is C23H26N2O6S. The molecule has 2 aromatic carbocycles. The van der Waals surface area contributed by atoms with Crippen LogP contribution in [0.3, 0.4) is 0 Å². The van der Waals surface area contributed by atoms with E-state index in [1.807, 2.05) is 13.8 Å². The number of sulfone groups is 1. The third kappa shape index (κ3) is 4.94. The monoisotopic (exact) mass is 458 g/mol. The van der Waals surface area contributed by atoms with E-state index >= 15 is 0 Å². The van der Waals surface area contributed by atoms with E-state index in [-0.39, 0.29) is 17.1 Å². The molecule has 0 unspecified atom stereocenters. The van der Waals surface area contributed by atoms with Crippen molar-refractivity contribution in [1.82, 2.24) is 5.16 Å². The van der Waals surface area contributed by atoms with E-state index in [9.17, 15) is 13.2 Å². The molecule has 0 radical (unpaired) electrons. The smallest absolute Gasteiger partial charge is 0.225 e. The molecular weight excluding hydrogens is 432 g/mol. The maximum absolute atomic E-state index is 13.0. The van der Waals surface area contributed by atoms with Gasteiger partial charge < -0.3 is 19.3 Å². The molecule has 8 nitrogen and oxygen atoms in total. The van der Waals surface area contributed by atoms with Crippen LogP contribution >= 0.6 is 0 Å². The maximum Gasteiger partial charge on any atom is 0.225 e. The molecule has 0 saturated heterocycles. The molecule has 9 heteroatoms. The Morgan fingerprint density at radius 3 is 2.44 bits per heavy atom. The largest absolute Gasteiger partial charge is 0.497 e. The average molecular weight is 459 g/mol. The highest BCUT2D eigenvalue weighted by atomic mass is 32.2. The molecule has 3 aromatic rings. The lowest BCUT2D eigenvalue weighted by atomic mass is 10.1. The number of nitrogens with one attached hydrogen (secondary N) is 1. The van der Waals surface area contributed by atoms with Gasteiger partial charge in [0.25, 0.3) is 0 Å². The van der Waals surface area contributed by atoms with E-state index < -0.39 is 15.7 Å². The minimum atomic E-state index is -3.72. The number of hydrogen-bond acceptors (Lipinski definition) is 7. The summed E-state index contributed by atoms with van der Waals surface area (Å²) in [5, 5.41) is 6.63. The van der Waals surface area contributed by atoms with Crippen molar-refractivity contribution in [3.05, 3.63) is 53.2 Å². The van der Waals surface area contributed by atoms with Crippen molar-refractivity contribution >= 4 is 21.4 Å².